The molecule has 44 heavy (non-hydrogen) atoms. The van der Waals surface area contributed by atoms with Crippen molar-refractivity contribution in [3.05, 3.63) is 77.4 Å². The topological polar surface area (TPSA) is 140 Å². The van der Waals surface area contributed by atoms with Crippen LogP contribution in [0.15, 0.2) is 60.7 Å². The van der Waals surface area contributed by atoms with E-state index in [0.717, 1.165) is 43.0 Å². The zero-order valence-electron chi connectivity index (χ0n) is 23.6. The minimum absolute atomic E-state index is 0.0472. The second-order valence-corrected chi connectivity index (χ2v) is 9.64. The second kappa shape index (κ2) is 15.9. The van der Waals surface area contributed by atoms with Crippen LogP contribution in [0.25, 0.3) is 10.8 Å². The Morgan fingerprint density at radius 3 is 2.07 bits per heavy atom. The Hall–Kier alpha value is -4.37. The minimum Gasteiger partial charge on any atom is -0.475 e. The number of anilines is 1. The number of aliphatic carboxylic acids is 2. The van der Waals surface area contributed by atoms with Gasteiger partial charge in [-0.15, -0.1) is 0 Å². The zero-order valence-corrected chi connectivity index (χ0v) is 23.6. The van der Waals surface area contributed by atoms with E-state index in [9.17, 15) is 31.1 Å². The third-order valence-corrected chi connectivity index (χ3v) is 6.28. The third kappa shape index (κ3) is 11.4. The number of carbonyl (C=O) groups excluding carboxylic acids is 1. The first-order valence-electron chi connectivity index (χ1n) is 13.2. The molecule has 0 bridgehead atoms. The van der Waals surface area contributed by atoms with Gasteiger partial charge in [0.05, 0.1) is 6.04 Å². The number of nitrogens with one attached hydrogen (secondary N) is 4. The lowest BCUT2D eigenvalue weighted by Crippen LogP contribution is -2.51. The molecule has 1 aliphatic rings. The molecule has 1 fully saturated rings. The van der Waals surface area contributed by atoms with Gasteiger partial charge in [-0.25, -0.2) is 9.59 Å². The number of amides is 1. The average molecular weight is 631 g/mol. The Morgan fingerprint density at radius 2 is 1.50 bits per heavy atom. The number of carboxylic acids is 2. The van der Waals surface area contributed by atoms with Gasteiger partial charge in [-0.1, -0.05) is 48.5 Å². The van der Waals surface area contributed by atoms with E-state index >= 15 is 0 Å². The Bertz CT molecular complexity index is 1400. The molecule has 3 aromatic carbocycles. The number of fused-ring (bicyclic) bond motifs is 1. The van der Waals surface area contributed by atoms with Crippen LogP contribution < -0.4 is 21.3 Å². The number of piperazine rings is 1. The molecule has 0 aromatic heterocycles. The van der Waals surface area contributed by atoms with Gasteiger partial charge in [0.15, 0.2) is 0 Å². The van der Waals surface area contributed by atoms with Crippen LogP contribution >= 0.6 is 0 Å². The van der Waals surface area contributed by atoms with Crippen molar-refractivity contribution >= 4 is 34.3 Å². The van der Waals surface area contributed by atoms with E-state index in [-0.39, 0.29) is 11.9 Å². The molecule has 1 saturated heterocycles. The maximum Gasteiger partial charge on any atom is 0.490 e. The molecule has 2 atom stereocenters. The molecule has 1 amide bonds. The number of rotatable bonds is 6. The molecular weight excluding hydrogens is 598 g/mol. The summed E-state index contributed by atoms with van der Waals surface area (Å²) in [5.74, 6) is -5.56. The number of carbonyl (C=O) groups is 3. The molecule has 240 valence electrons. The van der Waals surface area contributed by atoms with Crippen molar-refractivity contribution in [3.63, 3.8) is 0 Å². The van der Waals surface area contributed by atoms with Crippen molar-refractivity contribution in [1.82, 2.24) is 16.0 Å². The first-order valence-corrected chi connectivity index (χ1v) is 13.2. The quantitative estimate of drug-likeness (QED) is 0.212. The summed E-state index contributed by atoms with van der Waals surface area (Å²) in [4.78, 5) is 30.9. The predicted molar refractivity (Wildman–Crippen MR) is 152 cm³/mol. The van der Waals surface area contributed by atoms with E-state index in [0.29, 0.717) is 11.6 Å². The van der Waals surface area contributed by atoms with Crippen LogP contribution in [0, 0.1) is 6.92 Å². The standard InChI is InChI=1S/C25H30N4O.2C2HF3O2/c1-17-10-11-20(28-16-21-15-26-12-13-27-21)14-24(17)25(30)29-18(2)22-9-5-7-19-6-3-4-8-23(19)22;2*3-2(4,5)1(6)7/h3-11,14,18,21,26-28H,12-13,15-16H2,1-2H3,(H,29,30);2*(H,6,7)/t18-,21?;;/m1../s1. The molecule has 3 aromatic rings. The lowest BCUT2D eigenvalue weighted by molar-refractivity contribution is -0.193. The summed E-state index contributed by atoms with van der Waals surface area (Å²) in [7, 11) is 0. The average Bonchev–Trinajstić information content (AvgIpc) is 2.96. The first kappa shape index (κ1) is 35.8. The molecular formula is C29H32F6N4O5. The Morgan fingerprint density at radius 1 is 0.909 bits per heavy atom. The van der Waals surface area contributed by atoms with Crippen LogP contribution in [0.2, 0.25) is 0 Å². The summed E-state index contributed by atoms with van der Waals surface area (Å²) in [6.07, 6.45) is -10.2. The van der Waals surface area contributed by atoms with Gasteiger partial charge in [0, 0.05) is 43.5 Å². The van der Waals surface area contributed by atoms with Gasteiger partial charge in [-0.3, -0.25) is 4.79 Å². The lowest BCUT2D eigenvalue weighted by Gasteiger charge is -2.25. The fraction of sp³-hybridized carbons (Fsp3) is 0.345. The van der Waals surface area contributed by atoms with E-state index in [1.54, 1.807) is 0 Å². The van der Waals surface area contributed by atoms with Gasteiger partial charge in [0.25, 0.3) is 5.91 Å². The first-order chi connectivity index (χ1) is 20.5. The fourth-order valence-electron chi connectivity index (χ4n) is 4.06. The highest BCUT2D eigenvalue weighted by atomic mass is 19.4. The van der Waals surface area contributed by atoms with Crippen molar-refractivity contribution in [1.29, 1.82) is 0 Å². The Kier molecular flexibility index (Phi) is 13.0. The molecule has 0 spiro atoms. The van der Waals surface area contributed by atoms with Crippen molar-refractivity contribution in [2.45, 2.75) is 38.3 Å². The number of benzene rings is 3. The molecule has 1 unspecified atom stereocenters. The van der Waals surface area contributed by atoms with Crippen LogP contribution in [0.3, 0.4) is 0 Å². The Labute approximate surface area is 248 Å². The van der Waals surface area contributed by atoms with Gasteiger partial charge in [-0.2, -0.15) is 26.3 Å². The smallest absolute Gasteiger partial charge is 0.475 e. The number of alkyl halides is 6. The maximum atomic E-state index is 13.1. The van der Waals surface area contributed by atoms with Crippen molar-refractivity contribution in [2.75, 3.05) is 31.5 Å². The zero-order chi connectivity index (χ0) is 33.1. The second-order valence-electron chi connectivity index (χ2n) is 9.64. The number of aryl methyl sites for hydroxylation is 1. The van der Waals surface area contributed by atoms with E-state index < -0.39 is 24.3 Å². The summed E-state index contributed by atoms with van der Waals surface area (Å²) in [6, 6.07) is 20.8. The van der Waals surface area contributed by atoms with Gasteiger partial charge in [-0.05, 0) is 47.9 Å². The molecule has 0 aliphatic carbocycles. The molecule has 1 aliphatic heterocycles. The largest absolute Gasteiger partial charge is 0.490 e. The highest BCUT2D eigenvalue weighted by Crippen LogP contribution is 2.25. The molecule has 1 heterocycles. The fourth-order valence-corrected chi connectivity index (χ4v) is 4.06. The minimum atomic E-state index is -5.08. The maximum absolute atomic E-state index is 13.1. The van der Waals surface area contributed by atoms with Crippen molar-refractivity contribution < 1.29 is 50.9 Å². The van der Waals surface area contributed by atoms with E-state index in [1.165, 1.54) is 10.8 Å². The Balaban J connectivity index is 0.000000402. The third-order valence-electron chi connectivity index (χ3n) is 6.28. The SMILES string of the molecule is Cc1ccc(NCC2CNCCN2)cc1C(=O)N[C@H](C)c1cccc2ccccc12.O=C(O)C(F)(F)F.O=C(O)C(F)(F)F. The van der Waals surface area contributed by atoms with Gasteiger partial charge in [0.2, 0.25) is 0 Å². The van der Waals surface area contributed by atoms with E-state index in [4.69, 9.17) is 19.8 Å². The summed E-state index contributed by atoms with van der Waals surface area (Å²) in [6.45, 7) is 7.80. The predicted octanol–water partition coefficient (Wildman–Crippen LogP) is 4.88. The highest BCUT2D eigenvalue weighted by Gasteiger charge is 2.38. The number of halogens is 6. The van der Waals surface area contributed by atoms with Crippen LogP contribution in [-0.2, 0) is 9.59 Å². The van der Waals surface area contributed by atoms with Gasteiger partial charge >= 0.3 is 24.3 Å². The van der Waals surface area contributed by atoms with Crippen LogP contribution in [0.5, 0.6) is 0 Å². The van der Waals surface area contributed by atoms with E-state index in [2.05, 4.69) is 45.5 Å². The summed E-state index contributed by atoms with van der Waals surface area (Å²) < 4.78 is 63.5. The lowest BCUT2D eigenvalue weighted by atomic mass is 9.99. The summed E-state index contributed by atoms with van der Waals surface area (Å²) >= 11 is 0. The van der Waals surface area contributed by atoms with Gasteiger partial charge in [0.1, 0.15) is 0 Å². The van der Waals surface area contributed by atoms with Gasteiger partial charge < -0.3 is 31.5 Å². The molecule has 9 nitrogen and oxygen atoms in total. The highest BCUT2D eigenvalue weighted by molar-refractivity contribution is 5.97. The van der Waals surface area contributed by atoms with Crippen molar-refractivity contribution in [3.8, 4) is 0 Å². The van der Waals surface area contributed by atoms with Crippen molar-refractivity contribution in [2.24, 2.45) is 0 Å². The van der Waals surface area contributed by atoms with Crippen LogP contribution in [0.4, 0.5) is 32.0 Å². The molecule has 15 heteroatoms. The number of carboxylic acid groups (broad SMARTS) is 2. The van der Waals surface area contributed by atoms with Crippen LogP contribution in [-0.4, -0.2) is 72.6 Å². The number of hydrogen-bond acceptors (Lipinski definition) is 6. The molecule has 4 rings (SSSR count). The van der Waals surface area contributed by atoms with E-state index in [1.807, 2.05) is 50.2 Å². The summed E-state index contributed by atoms with van der Waals surface area (Å²) in [5, 5.41) is 30.1. The number of hydrogen-bond donors (Lipinski definition) is 6. The molecule has 0 saturated carbocycles. The molecule has 6 N–H and O–H groups in total. The molecule has 0 radical (unpaired) electrons. The normalized spacial score (nSPS) is 15.5. The monoisotopic (exact) mass is 630 g/mol. The summed E-state index contributed by atoms with van der Waals surface area (Å²) in [5.41, 5.74) is 3.78. The van der Waals surface area contributed by atoms with Crippen LogP contribution in [0.1, 0.15) is 34.5 Å².